The molecule has 118 valence electrons. The first-order chi connectivity index (χ1) is 9.90. The zero-order valence-corrected chi connectivity index (χ0v) is 11.8. The first-order valence-corrected chi connectivity index (χ1v) is 7.19. The Morgan fingerprint density at radius 1 is 1.29 bits per heavy atom. The third-order valence-electron chi connectivity index (χ3n) is 3.88. The number of alkyl halides is 3. The monoisotopic (exact) mass is 302 g/mol. The fourth-order valence-electron chi connectivity index (χ4n) is 2.93. The van der Waals surface area contributed by atoms with E-state index in [9.17, 15) is 13.2 Å². The second-order valence-corrected chi connectivity index (χ2v) is 5.68. The summed E-state index contributed by atoms with van der Waals surface area (Å²) in [5, 5.41) is 8.90. The highest BCUT2D eigenvalue weighted by Crippen LogP contribution is 2.33. The van der Waals surface area contributed by atoms with Gasteiger partial charge < -0.3 is 15.7 Å². The Morgan fingerprint density at radius 3 is 2.71 bits per heavy atom. The number of benzene rings is 1. The minimum Gasteiger partial charge on any atom is -0.396 e. The fourth-order valence-corrected chi connectivity index (χ4v) is 2.93. The molecule has 2 rings (SSSR count). The molecular weight excluding hydrogens is 281 g/mol. The predicted octanol–water partition coefficient (Wildman–Crippen LogP) is 2.63. The first-order valence-electron chi connectivity index (χ1n) is 7.19. The zero-order valence-electron chi connectivity index (χ0n) is 11.8. The number of anilines is 1. The van der Waals surface area contributed by atoms with Gasteiger partial charge in [-0.25, -0.2) is 0 Å². The Hall–Kier alpha value is -1.27. The molecule has 1 aliphatic heterocycles. The quantitative estimate of drug-likeness (QED) is 0.899. The van der Waals surface area contributed by atoms with E-state index >= 15 is 0 Å². The highest BCUT2D eigenvalue weighted by atomic mass is 19.4. The molecule has 1 heterocycles. The van der Waals surface area contributed by atoms with Crippen molar-refractivity contribution in [2.45, 2.75) is 31.5 Å². The van der Waals surface area contributed by atoms with Crippen LogP contribution >= 0.6 is 0 Å². The molecule has 1 aromatic rings. The maximum Gasteiger partial charge on any atom is 0.416 e. The molecule has 0 radical (unpaired) electrons. The lowest BCUT2D eigenvalue weighted by Crippen LogP contribution is -2.47. The molecule has 0 bridgehead atoms. The number of hydrogen-bond donors (Lipinski definition) is 2. The van der Waals surface area contributed by atoms with Crippen molar-refractivity contribution in [1.29, 1.82) is 0 Å². The van der Waals surface area contributed by atoms with Crippen molar-refractivity contribution in [1.82, 2.24) is 0 Å². The van der Waals surface area contributed by atoms with Gasteiger partial charge in [-0.2, -0.15) is 13.2 Å². The smallest absolute Gasteiger partial charge is 0.396 e. The molecule has 1 fully saturated rings. The topological polar surface area (TPSA) is 49.5 Å². The molecule has 3 nitrogen and oxygen atoms in total. The van der Waals surface area contributed by atoms with Crippen LogP contribution < -0.4 is 10.6 Å². The summed E-state index contributed by atoms with van der Waals surface area (Å²) in [4.78, 5) is 1.92. The van der Waals surface area contributed by atoms with E-state index in [0.717, 1.165) is 18.9 Å². The Balaban J connectivity index is 2.13. The van der Waals surface area contributed by atoms with Crippen LogP contribution in [-0.4, -0.2) is 30.8 Å². The first kappa shape index (κ1) is 16.1. The molecule has 0 aliphatic carbocycles. The van der Waals surface area contributed by atoms with Crippen LogP contribution in [0.1, 0.15) is 24.8 Å². The van der Waals surface area contributed by atoms with Gasteiger partial charge in [-0.05, 0) is 43.4 Å². The molecule has 6 heteroatoms. The van der Waals surface area contributed by atoms with Gasteiger partial charge in [0.15, 0.2) is 0 Å². The molecule has 1 aromatic carbocycles. The van der Waals surface area contributed by atoms with Gasteiger partial charge in [0.1, 0.15) is 0 Å². The van der Waals surface area contributed by atoms with Crippen molar-refractivity contribution < 1.29 is 18.3 Å². The van der Waals surface area contributed by atoms with Gasteiger partial charge in [-0.1, -0.05) is 6.07 Å². The van der Waals surface area contributed by atoms with Crippen LogP contribution in [0.3, 0.4) is 0 Å². The normalized spacial score (nSPS) is 23.4. The van der Waals surface area contributed by atoms with E-state index in [1.54, 1.807) is 6.07 Å². The maximum atomic E-state index is 12.8. The lowest BCUT2D eigenvalue weighted by molar-refractivity contribution is -0.137. The summed E-state index contributed by atoms with van der Waals surface area (Å²) >= 11 is 0. The van der Waals surface area contributed by atoms with Crippen LogP contribution in [0.15, 0.2) is 24.3 Å². The highest BCUT2D eigenvalue weighted by molar-refractivity contribution is 5.50. The molecule has 0 aromatic heterocycles. The van der Waals surface area contributed by atoms with Crippen molar-refractivity contribution in [3.05, 3.63) is 29.8 Å². The standard InChI is InChI=1S/C15H21F3N2O/c16-15(17,18)12-4-1-5-14(8-12)20-9-11(3-2-6-21)7-13(19)10-20/h1,4-5,8,11,13,21H,2-3,6-7,9-10,19H2. The average Bonchev–Trinajstić information content (AvgIpc) is 2.44. The van der Waals surface area contributed by atoms with Crippen molar-refractivity contribution in [2.75, 3.05) is 24.6 Å². The molecule has 0 saturated carbocycles. The number of rotatable bonds is 4. The van der Waals surface area contributed by atoms with E-state index in [1.807, 2.05) is 4.90 Å². The van der Waals surface area contributed by atoms with E-state index in [-0.39, 0.29) is 12.6 Å². The summed E-state index contributed by atoms with van der Waals surface area (Å²) in [5.41, 5.74) is 5.95. The molecule has 2 unspecified atom stereocenters. The lowest BCUT2D eigenvalue weighted by Gasteiger charge is -2.38. The van der Waals surface area contributed by atoms with Crippen LogP contribution in [0.5, 0.6) is 0 Å². The predicted molar refractivity (Wildman–Crippen MR) is 76.1 cm³/mol. The van der Waals surface area contributed by atoms with E-state index < -0.39 is 11.7 Å². The van der Waals surface area contributed by atoms with E-state index in [2.05, 4.69) is 0 Å². The van der Waals surface area contributed by atoms with E-state index in [1.165, 1.54) is 12.1 Å². The summed E-state index contributed by atoms with van der Waals surface area (Å²) in [7, 11) is 0. The fraction of sp³-hybridized carbons (Fsp3) is 0.600. The van der Waals surface area contributed by atoms with Crippen molar-refractivity contribution in [3.63, 3.8) is 0 Å². The summed E-state index contributed by atoms with van der Waals surface area (Å²) in [6, 6.07) is 5.34. The molecule has 3 N–H and O–H groups in total. The largest absolute Gasteiger partial charge is 0.416 e. The summed E-state index contributed by atoms with van der Waals surface area (Å²) in [6.07, 6.45) is -1.92. The van der Waals surface area contributed by atoms with Crippen LogP contribution in [0.4, 0.5) is 18.9 Å². The molecule has 2 atom stereocenters. The van der Waals surface area contributed by atoms with Crippen molar-refractivity contribution in [2.24, 2.45) is 11.7 Å². The molecule has 0 spiro atoms. The average molecular weight is 302 g/mol. The van der Waals surface area contributed by atoms with Gasteiger partial charge in [0.2, 0.25) is 0 Å². The number of nitrogens with zero attached hydrogens (tertiary/aromatic N) is 1. The number of piperidine rings is 1. The zero-order chi connectivity index (χ0) is 15.5. The SMILES string of the molecule is NC1CC(CCCO)CN(c2cccc(C(F)(F)F)c2)C1. The van der Waals surface area contributed by atoms with Crippen molar-refractivity contribution in [3.8, 4) is 0 Å². The Labute approximate surface area is 122 Å². The molecule has 0 amide bonds. The van der Waals surface area contributed by atoms with Gasteiger partial charge in [0, 0.05) is 31.4 Å². The van der Waals surface area contributed by atoms with E-state index in [0.29, 0.717) is 31.1 Å². The Bertz CT molecular complexity index is 464. The second-order valence-electron chi connectivity index (χ2n) is 5.68. The molecule has 1 saturated heterocycles. The lowest BCUT2D eigenvalue weighted by atomic mass is 9.90. The third-order valence-corrected chi connectivity index (χ3v) is 3.88. The summed E-state index contributed by atoms with van der Waals surface area (Å²) < 4.78 is 38.4. The summed E-state index contributed by atoms with van der Waals surface area (Å²) in [5.74, 6) is 0.315. The number of aliphatic hydroxyl groups is 1. The van der Waals surface area contributed by atoms with Crippen LogP contribution in [0.25, 0.3) is 0 Å². The Morgan fingerprint density at radius 2 is 2.05 bits per heavy atom. The van der Waals surface area contributed by atoms with Crippen LogP contribution in [-0.2, 0) is 6.18 Å². The number of aliphatic hydroxyl groups excluding tert-OH is 1. The molecule has 21 heavy (non-hydrogen) atoms. The number of hydrogen-bond acceptors (Lipinski definition) is 3. The van der Waals surface area contributed by atoms with Crippen LogP contribution in [0, 0.1) is 5.92 Å². The van der Waals surface area contributed by atoms with Gasteiger partial charge in [0.05, 0.1) is 5.56 Å². The van der Waals surface area contributed by atoms with Gasteiger partial charge in [0.25, 0.3) is 0 Å². The molecule has 1 aliphatic rings. The van der Waals surface area contributed by atoms with Crippen LogP contribution in [0.2, 0.25) is 0 Å². The van der Waals surface area contributed by atoms with Crippen molar-refractivity contribution >= 4 is 5.69 Å². The number of halogens is 3. The minimum atomic E-state index is -4.33. The molecular formula is C15H21F3N2O. The van der Waals surface area contributed by atoms with Gasteiger partial charge >= 0.3 is 6.18 Å². The van der Waals surface area contributed by atoms with E-state index in [4.69, 9.17) is 10.8 Å². The second kappa shape index (κ2) is 6.66. The maximum absolute atomic E-state index is 12.8. The van der Waals surface area contributed by atoms with Gasteiger partial charge in [-0.3, -0.25) is 0 Å². The third kappa shape index (κ3) is 4.35. The minimum absolute atomic E-state index is 0.0445. The summed E-state index contributed by atoms with van der Waals surface area (Å²) in [6.45, 7) is 1.39. The van der Waals surface area contributed by atoms with Gasteiger partial charge in [-0.15, -0.1) is 0 Å². The Kier molecular flexibility index (Phi) is 5.11. The number of nitrogens with two attached hydrogens (primary N) is 1. The highest BCUT2D eigenvalue weighted by Gasteiger charge is 2.31.